The first kappa shape index (κ1) is 21.9. The van der Waals surface area contributed by atoms with Gasteiger partial charge in [-0.25, -0.2) is 9.78 Å². The Hall–Kier alpha value is -3.35. The fourth-order valence-corrected chi connectivity index (χ4v) is 4.55. The third-order valence-electron chi connectivity index (χ3n) is 6.27. The number of amides is 1. The van der Waals surface area contributed by atoms with Crippen LogP contribution in [0.1, 0.15) is 43.1 Å². The Morgan fingerprint density at radius 1 is 1.19 bits per heavy atom. The van der Waals surface area contributed by atoms with Crippen molar-refractivity contribution in [2.75, 3.05) is 18.6 Å². The number of imidazole rings is 1. The summed E-state index contributed by atoms with van der Waals surface area (Å²) in [4.78, 5) is 31.9. The van der Waals surface area contributed by atoms with Crippen LogP contribution in [0.2, 0.25) is 0 Å². The summed E-state index contributed by atoms with van der Waals surface area (Å²) in [6, 6.07) is 13.7. The van der Waals surface area contributed by atoms with Gasteiger partial charge in [-0.3, -0.25) is 9.69 Å². The molecule has 0 radical (unpaired) electrons. The molecule has 7 nitrogen and oxygen atoms in total. The Morgan fingerprint density at radius 3 is 2.62 bits per heavy atom. The number of hydrogen-bond donors (Lipinski definition) is 0. The molecule has 2 aromatic carbocycles. The first-order valence-electron chi connectivity index (χ1n) is 11.0. The van der Waals surface area contributed by atoms with Gasteiger partial charge in [0.1, 0.15) is 5.82 Å². The number of ether oxygens (including phenoxy) is 2. The van der Waals surface area contributed by atoms with E-state index >= 15 is 0 Å². The van der Waals surface area contributed by atoms with Crippen LogP contribution in [-0.2, 0) is 34.2 Å². The van der Waals surface area contributed by atoms with Gasteiger partial charge in [-0.15, -0.1) is 0 Å². The molecule has 0 unspecified atom stereocenters. The molecule has 0 N–H and O–H groups in total. The van der Waals surface area contributed by atoms with Crippen molar-refractivity contribution < 1.29 is 19.1 Å². The lowest BCUT2D eigenvalue weighted by Gasteiger charge is -2.34. The molecule has 2 atom stereocenters. The molecule has 0 spiro atoms. The fraction of sp³-hybridized carbons (Fsp3) is 0.400. The van der Waals surface area contributed by atoms with Crippen LogP contribution in [0.15, 0.2) is 42.5 Å². The first-order valence-corrected chi connectivity index (χ1v) is 11.0. The molecule has 0 aliphatic carbocycles. The highest BCUT2D eigenvalue weighted by Gasteiger charge is 2.32. The third kappa shape index (κ3) is 3.83. The van der Waals surface area contributed by atoms with Crippen LogP contribution in [0.25, 0.3) is 11.0 Å². The quantitative estimate of drug-likeness (QED) is 0.557. The van der Waals surface area contributed by atoms with Gasteiger partial charge < -0.3 is 14.0 Å². The van der Waals surface area contributed by atoms with Crippen LogP contribution in [0.5, 0.6) is 0 Å². The molecule has 0 saturated heterocycles. The van der Waals surface area contributed by atoms with Gasteiger partial charge in [-0.05, 0) is 44.4 Å². The Bertz CT molecular complexity index is 1140. The third-order valence-corrected chi connectivity index (χ3v) is 6.27. The lowest BCUT2D eigenvalue weighted by atomic mass is 9.95. The van der Waals surface area contributed by atoms with E-state index < -0.39 is 5.92 Å². The van der Waals surface area contributed by atoms with Gasteiger partial charge in [-0.1, -0.05) is 30.3 Å². The minimum absolute atomic E-state index is 0.0573. The number of hydrogen-bond acceptors (Lipinski definition) is 5. The molecule has 0 bridgehead atoms. The maximum Gasteiger partial charge on any atom is 0.414 e. The van der Waals surface area contributed by atoms with E-state index in [1.165, 1.54) is 7.11 Å². The minimum Gasteiger partial charge on any atom is -0.466 e. The highest BCUT2D eigenvalue weighted by Crippen LogP contribution is 2.36. The van der Waals surface area contributed by atoms with Crippen LogP contribution < -0.4 is 4.90 Å². The first-order chi connectivity index (χ1) is 15.5. The molecule has 1 aliphatic heterocycles. The second kappa shape index (κ2) is 9.02. The van der Waals surface area contributed by atoms with E-state index in [1.807, 2.05) is 67.9 Å². The van der Waals surface area contributed by atoms with Crippen LogP contribution in [0, 0.1) is 0 Å². The van der Waals surface area contributed by atoms with Gasteiger partial charge in [0.2, 0.25) is 0 Å². The number of fused-ring (bicyclic) bond motifs is 3. The second-order valence-corrected chi connectivity index (χ2v) is 8.17. The average molecular weight is 436 g/mol. The molecule has 4 rings (SSSR count). The number of benzene rings is 2. The molecule has 2 heterocycles. The van der Waals surface area contributed by atoms with E-state index in [0.717, 1.165) is 46.5 Å². The predicted molar refractivity (Wildman–Crippen MR) is 123 cm³/mol. The number of aryl methyl sites for hydroxylation is 2. The zero-order valence-electron chi connectivity index (χ0n) is 19.0. The van der Waals surface area contributed by atoms with Crippen molar-refractivity contribution in [3.63, 3.8) is 0 Å². The van der Waals surface area contributed by atoms with Gasteiger partial charge in [0, 0.05) is 25.1 Å². The van der Waals surface area contributed by atoms with Crippen LogP contribution >= 0.6 is 0 Å². The number of nitrogens with zero attached hydrogens (tertiary/aromatic N) is 3. The van der Waals surface area contributed by atoms with E-state index in [-0.39, 0.29) is 18.1 Å². The molecule has 168 valence electrons. The normalized spacial score (nSPS) is 16.5. The number of anilines is 1. The zero-order valence-corrected chi connectivity index (χ0v) is 19.0. The number of aromatic nitrogens is 2. The number of esters is 1. The highest BCUT2D eigenvalue weighted by atomic mass is 16.5. The van der Waals surface area contributed by atoms with Gasteiger partial charge in [0.05, 0.1) is 36.4 Å². The highest BCUT2D eigenvalue weighted by molar-refractivity contribution is 5.95. The lowest BCUT2D eigenvalue weighted by molar-refractivity contribution is -0.145. The molecule has 7 heteroatoms. The SMILES string of the molecule is CCOC(=O)[C@H](Cc1nc2c3c(ccc2n1C)N(C(=O)OC)[C@@H](C)CC3)c1ccccc1. The molecular formula is C25H29N3O4. The molecule has 0 saturated carbocycles. The van der Waals surface area contributed by atoms with E-state index in [1.54, 1.807) is 4.90 Å². The summed E-state index contributed by atoms with van der Waals surface area (Å²) in [5.41, 5.74) is 4.65. The maximum absolute atomic E-state index is 12.8. The summed E-state index contributed by atoms with van der Waals surface area (Å²) in [5.74, 6) is 0.117. The molecule has 3 aromatic rings. The number of carbonyl (C=O) groups excluding carboxylic acids is 2. The summed E-state index contributed by atoms with van der Waals surface area (Å²) in [7, 11) is 3.37. The second-order valence-electron chi connectivity index (χ2n) is 8.17. The van der Waals surface area contributed by atoms with Gasteiger partial charge in [0.15, 0.2) is 0 Å². The van der Waals surface area contributed by atoms with Crippen LogP contribution in [-0.4, -0.2) is 41.4 Å². The van der Waals surface area contributed by atoms with Crippen molar-refractivity contribution in [1.82, 2.24) is 9.55 Å². The van der Waals surface area contributed by atoms with E-state index in [2.05, 4.69) is 0 Å². The van der Waals surface area contributed by atoms with Gasteiger partial charge in [0.25, 0.3) is 0 Å². The molecule has 32 heavy (non-hydrogen) atoms. The summed E-state index contributed by atoms with van der Waals surface area (Å²) in [6.07, 6.45) is 1.74. The van der Waals surface area contributed by atoms with Crippen molar-refractivity contribution in [2.24, 2.45) is 7.05 Å². The van der Waals surface area contributed by atoms with Crippen molar-refractivity contribution >= 4 is 28.8 Å². The van der Waals surface area contributed by atoms with Crippen LogP contribution in [0.4, 0.5) is 10.5 Å². The molecule has 1 amide bonds. The Labute approximate surface area is 187 Å². The van der Waals surface area contributed by atoms with Crippen molar-refractivity contribution in [3.05, 3.63) is 59.4 Å². The molecular weight excluding hydrogens is 406 g/mol. The molecule has 1 aromatic heterocycles. The number of methoxy groups -OCH3 is 1. The topological polar surface area (TPSA) is 73.7 Å². The van der Waals surface area contributed by atoms with Gasteiger partial charge in [-0.2, -0.15) is 0 Å². The fourth-order valence-electron chi connectivity index (χ4n) is 4.55. The van der Waals surface area contributed by atoms with Crippen LogP contribution in [0.3, 0.4) is 0 Å². The van der Waals surface area contributed by atoms with Crippen molar-refractivity contribution in [2.45, 2.75) is 45.1 Å². The summed E-state index contributed by atoms with van der Waals surface area (Å²) >= 11 is 0. The van der Waals surface area contributed by atoms with E-state index in [9.17, 15) is 9.59 Å². The average Bonchev–Trinajstić information content (AvgIpc) is 3.13. The summed E-state index contributed by atoms with van der Waals surface area (Å²) < 4.78 is 12.4. The minimum atomic E-state index is -0.436. The smallest absolute Gasteiger partial charge is 0.414 e. The Morgan fingerprint density at radius 2 is 1.94 bits per heavy atom. The standard InChI is InChI=1S/C25H29N3O4/c1-5-32-24(29)19(17-9-7-6-8-10-17)15-22-26-23-18-12-11-16(2)28(25(30)31-4)20(18)13-14-21(23)27(22)3/h6-10,13-14,16,19H,5,11-12,15H2,1-4H3/t16-,19+/m0/s1. The van der Waals surface area contributed by atoms with Gasteiger partial charge >= 0.3 is 12.1 Å². The zero-order chi connectivity index (χ0) is 22.8. The molecule has 0 fully saturated rings. The number of rotatable bonds is 5. The Kier molecular flexibility index (Phi) is 6.17. The largest absolute Gasteiger partial charge is 0.466 e. The number of carbonyl (C=O) groups is 2. The summed E-state index contributed by atoms with van der Waals surface area (Å²) in [5, 5.41) is 0. The molecule has 1 aliphatic rings. The predicted octanol–water partition coefficient (Wildman–Crippen LogP) is 4.37. The van der Waals surface area contributed by atoms with Crippen molar-refractivity contribution in [3.8, 4) is 0 Å². The maximum atomic E-state index is 12.8. The Balaban J connectivity index is 1.76. The summed E-state index contributed by atoms with van der Waals surface area (Å²) in [6.45, 7) is 4.17. The monoisotopic (exact) mass is 435 g/mol. The van der Waals surface area contributed by atoms with E-state index in [4.69, 9.17) is 14.5 Å². The lowest BCUT2D eigenvalue weighted by Crippen LogP contribution is -2.42. The van der Waals surface area contributed by atoms with Crippen molar-refractivity contribution in [1.29, 1.82) is 0 Å². The van der Waals surface area contributed by atoms with E-state index in [0.29, 0.717) is 13.0 Å².